The third kappa shape index (κ3) is 4.44. The molecular weight excluding hydrogens is 390 g/mol. The number of hydrogen-bond donors (Lipinski definition) is 1. The Morgan fingerprint density at radius 1 is 1.15 bits per heavy atom. The predicted octanol–water partition coefficient (Wildman–Crippen LogP) is 1.77. The fourth-order valence-electron chi connectivity index (χ4n) is 2.71. The fourth-order valence-corrected chi connectivity index (χ4v) is 4.28. The van der Waals surface area contributed by atoms with Gasteiger partial charge in [0.2, 0.25) is 21.2 Å². The number of aromatic nitrogens is 2. The lowest BCUT2D eigenvalue weighted by molar-refractivity contribution is -0.111. The summed E-state index contributed by atoms with van der Waals surface area (Å²) in [5, 5.41) is 2.74. The van der Waals surface area contributed by atoms with E-state index in [1.807, 2.05) is 4.90 Å². The molecule has 1 saturated heterocycles. The second kappa shape index (κ2) is 8.03. The van der Waals surface area contributed by atoms with Gasteiger partial charge in [-0.3, -0.25) is 4.79 Å². The number of amides is 1. The van der Waals surface area contributed by atoms with Crippen molar-refractivity contribution in [2.45, 2.75) is 4.90 Å². The highest BCUT2D eigenvalue weighted by molar-refractivity contribution is 7.89. The van der Waals surface area contributed by atoms with Crippen LogP contribution in [0.1, 0.15) is 0 Å². The van der Waals surface area contributed by atoms with Crippen molar-refractivity contribution >= 4 is 39.0 Å². The fraction of sp³-hybridized carbons (Fsp3) is 0.235. The van der Waals surface area contributed by atoms with Gasteiger partial charge in [0.1, 0.15) is 5.82 Å². The highest BCUT2D eigenvalue weighted by Crippen LogP contribution is 2.22. The summed E-state index contributed by atoms with van der Waals surface area (Å²) in [6.45, 7) is 5.04. The first kappa shape index (κ1) is 19.3. The average molecular weight is 408 g/mol. The molecule has 3 rings (SSSR count). The van der Waals surface area contributed by atoms with Crippen LogP contribution in [0.3, 0.4) is 0 Å². The highest BCUT2D eigenvalue weighted by atomic mass is 35.5. The molecule has 142 valence electrons. The zero-order valence-corrected chi connectivity index (χ0v) is 15.9. The smallest absolute Gasteiger partial charge is 0.247 e. The van der Waals surface area contributed by atoms with Gasteiger partial charge in [-0.2, -0.15) is 4.31 Å². The molecule has 1 amide bonds. The van der Waals surface area contributed by atoms with Gasteiger partial charge in [-0.25, -0.2) is 18.4 Å². The Kier molecular flexibility index (Phi) is 5.73. The number of anilines is 2. The zero-order chi connectivity index (χ0) is 19.4. The Labute approximate surface area is 162 Å². The van der Waals surface area contributed by atoms with Crippen molar-refractivity contribution in [2.24, 2.45) is 0 Å². The van der Waals surface area contributed by atoms with Crippen molar-refractivity contribution in [1.82, 2.24) is 14.3 Å². The van der Waals surface area contributed by atoms with E-state index in [2.05, 4.69) is 21.9 Å². The van der Waals surface area contributed by atoms with Crippen LogP contribution in [-0.2, 0) is 14.8 Å². The molecular formula is C17H18ClN5O3S. The molecule has 0 aliphatic carbocycles. The van der Waals surface area contributed by atoms with E-state index in [1.165, 1.54) is 16.4 Å². The van der Waals surface area contributed by atoms with Gasteiger partial charge in [0.25, 0.3) is 0 Å². The molecule has 27 heavy (non-hydrogen) atoms. The Morgan fingerprint density at radius 3 is 2.41 bits per heavy atom. The number of hydrogen-bond acceptors (Lipinski definition) is 6. The molecule has 0 bridgehead atoms. The lowest BCUT2D eigenvalue weighted by Crippen LogP contribution is -2.48. The monoisotopic (exact) mass is 407 g/mol. The third-order valence-electron chi connectivity index (χ3n) is 4.12. The van der Waals surface area contributed by atoms with Crippen LogP contribution >= 0.6 is 11.6 Å². The molecule has 10 heteroatoms. The summed E-state index contributed by atoms with van der Waals surface area (Å²) >= 11 is 5.81. The molecule has 0 unspecified atom stereocenters. The largest absolute Gasteiger partial charge is 0.354 e. The van der Waals surface area contributed by atoms with Crippen LogP contribution in [0.15, 0.2) is 54.1 Å². The van der Waals surface area contributed by atoms with E-state index in [-0.39, 0.29) is 16.1 Å². The summed E-state index contributed by atoms with van der Waals surface area (Å²) in [6, 6.07) is 7.79. The Hall–Kier alpha value is -2.49. The quantitative estimate of drug-likeness (QED) is 0.599. The number of carbonyl (C=O) groups excluding carboxylic acids is 1. The minimum absolute atomic E-state index is 0.159. The lowest BCUT2D eigenvalue weighted by Gasteiger charge is -2.34. The zero-order valence-electron chi connectivity index (χ0n) is 14.4. The maximum atomic E-state index is 12.8. The molecule has 2 aromatic rings. The number of sulfonamides is 1. The number of nitrogens with one attached hydrogen (secondary N) is 1. The van der Waals surface area contributed by atoms with Gasteiger partial charge in [0.15, 0.2) is 0 Å². The SMILES string of the molecule is C=CC(=O)Nc1ccc(S(=O)(=O)N2CCN(c3ccnc(Cl)n3)CC2)cc1. The molecule has 1 fully saturated rings. The molecule has 2 heterocycles. The van der Waals surface area contributed by atoms with Crippen LogP contribution < -0.4 is 10.2 Å². The summed E-state index contributed by atoms with van der Waals surface area (Å²) in [5.41, 5.74) is 0.504. The van der Waals surface area contributed by atoms with E-state index in [0.29, 0.717) is 37.7 Å². The van der Waals surface area contributed by atoms with Crippen LogP contribution in [0.25, 0.3) is 0 Å². The molecule has 0 spiro atoms. The number of benzene rings is 1. The topological polar surface area (TPSA) is 95.5 Å². The van der Waals surface area contributed by atoms with Crippen molar-refractivity contribution in [3.05, 3.63) is 54.5 Å². The summed E-state index contributed by atoms with van der Waals surface area (Å²) in [4.78, 5) is 21.4. The first-order valence-electron chi connectivity index (χ1n) is 8.17. The van der Waals surface area contributed by atoms with E-state index < -0.39 is 10.0 Å². The predicted molar refractivity (Wildman–Crippen MR) is 103 cm³/mol. The standard InChI is InChI=1S/C17H18ClN5O3S/c1-2-16(24)20-13-3-5-14(6-4-13)27(25,26)23-11-9-22(10-12-23)15-7-8-19-17(18)21-15/h2-8H,1,9-12H2,(H,20,24). The summed E-state index contributed by atoms with van der Waals surface area (Å²) in [6.07, 6.45) is 2.72. The Morgan fingerprint density at radius 2 is 1.81 bits per heavy atom. The molecule has 8 nitrogen and oxygen atoms in total. The van der Waals surface area contributed by atoms with E-state index in [9.17, 15) is 13.2 Å². The minimum atomic E-state index is -3.61. The number of nitrogens with zero attached hydrogens (tertiary/aromatic N) is 4. The molecule has 1 N–H and O–H groups in total. The molecule has 0 atom stereocenters. The van der Waals surface area contributed by atoms with Crippen LogP contribution in [-0.4, -0.2) is 54.8 Å². The van der Waals surface area contributed by atoms with Crippen molar-refractivity contribution in [1.29, 1.82) is 0 Å². The van der Waals surface area contributed by atoms with Gasteiger partial charge in [0, 0.05) is 38.1 Å². The number of carbonyl (C=O) groups is 1. The first-order valence-corrected chi connectivity index (χ1v) is 9.99. The van der Waals surface area contributed by atoms with Gasteiger partial charge in [-0.15, -0.1) is 0 Å². The molecule has 0 saturated carbocycles. The van der Waals surface area contributed by atoms with Crippen LogP contribution in [0, 0.1) is 0 Å². The number of halogens is 1. The van der Waals surface area contributed by atoms with E-state index in [1.54, 1.807) is 24.4 Å². The van der Waals surface area contributed by atoms with Crippen molar-refractivity contribution < 1.29 is 13.2 Å². The van der Waals surface area contributed by atoms with Gasteiger partial charge in [-0.05, 0) is 48.0 Å². The molecule has 1 aliphatic rings. The third-order valence-corrected chi connectivity index (χ3v) is 6.21. The van der Waals surface area contributed by atoms with Crippen molar-refractivity contribution in [2.75, 3.05) is 36.4 Å². The number of piperazine rings is 1. The minimum Gasteiger partial charge on any atom is -0.354 e. The maximum absolute atomic E-state index is 12.8. The summed E-state index contributed by atoms with van der Waals surface area (Å²) < 4.78 is 27.1. The van der Waals surface area contributed by atoms with E-state index in [4.69, 9.17) is 11.6 Å². The summed E-state index contributed by atoms with van der Waals surface area (Å²) in [7, 11) is -3.61. The Balaban J connectivity index is 1.67. The van der Waals surface area contributed by atoms with Gasteiger partial charge < -0.3 is 10.2 Å². The second-order valence-electron chi connectivity index (χ2n) is 5.79. The van der Waals surface area contributed by atoms with Gasteiger partial charge in [-0.1, -0.05) is 6.58 Å². The normalized spacial score (nSPS) is 15.4. The second-order valence-corrected chi connectivity index (χ2v) is 8.07. The Bertz CT molecular complexity index is 941. The molecule has 1 aromatic heterocycles. The lowest BCUT2D eigenvalue weighted by atomic mass is 10.3. The summed E-state index contributed by atoms with van der Waals surface area (Å²) in [5.74, 6) is 0.320. The van der Waals surface area contributed by atoms with Crippen LogP contribution in [0.2, 0.25) is 5.28 Å². The van der Waals surface area contributed by atoms with Crippen LogP contribution in [0.5, 0.6) is 0 Å². The highest BCUT2D eigenvalue weighted by Gasteiger charge is 2.29. The van der Waals surface area contributed by atoms with Gasteiger partial charge >= 0.3 is 0 Å². The van der Waals surface area contributed by atoms with E-state index >= 15 is 0 Å². The van der Waals surface area contributed by atoms with E-state index in [0.717, 1.165) is 6.08 Å². The van der Waals surface area contributed by atoms with Gasteiger partial charge in [0.05, 0.1) is 4.90 Å². The number of rotatable bonds is 5. The van der Waals surface area contributed by atoms with Crippen molar-refractivity contribution in [3.8, 4) is 0 Å². The molecule has 1 aromatic carbocycles. The maximum Gasteiger partial charge on any atom is 0.247 e. The van der Waals surface area contributed by atoms with Crippen molar-refractivity contribution in [3.63, 3.8) is 0 Å². The first-order chi connectivity index (χ1) is 12.9. The molecule has 1 aliphatic heterocycles. The average Bonchev–Trinajstić information content (AvgIpc) is 2.68. The van der Waals surface area contributed by atoms with Crippen LogP contribution in [0.4, 0.5) is 11.5 Å². The molecule has 0 radical (unpaired) electrons.